The summed E-state index contributed by atoms with van der Waals surface area (Å²) < 4.78 is 63.7. The average Bonchev–Trinajstić information content (AvgIpc) is 2.84. The van der Waals surface area contributed by atoms with Crippen molar-refractivity contribution in [1.29, 1.82) is 0 Å². The van der Waals surface area contributed by atoms with Crippen molar-refractivity contribution in [2.24, 2.45) is 0 Å². The minimum Gasteiger partial charge on any atom is -0.486 e. The Balaban J connectivity index is 1.51. The number of H-pyrrole nitrogens is 1. The molecule has 3 aromatic rings. The first-order chi connectivity index (χ1) is 16.4. The summed E-state index contributed by atoms with van der Waals surface area (Å²) in [6, 6.07) is 9.64. The highest BCUT2D eigenvalue weighted by Crippen LogP contribution is 2.34. The Labute approximate surface area is 195 Å². The third kappa shape index (κ3) is 4.64. The Hall–Kier alpha value is -2.99. The Morgan fingerprint density at radius 3 is 2.44 bits per heavy atom. The summed E-state index contributed by atoms with van der Waals surface area (Å²) >= 11 is 0. The molecule has 1 atom stereocenters. The van der Waals surface area contributed by atoms with E-state index in [-0.39, 0.29) is 30.2 Å². The number of sulfonamides is 1. The maximum atomic E-state index is 13.4. The van der Waals surface area contributed by atoms with E-state index < -0.39 is 27.5 Å². The summed E-state index contributed by atoms with van der Waals surface area (Å²) in [6.07, 6.45) is -0.499. The first-order valence-corrected chi connectivity index (χ1v) is 12.2. The predicted octanol–water partition coefficient (Wildman–Crippen LogP) is 2.04. The SMILES string of the molecule is O=c1[nH]c2cc3c(cc2cc1CN(C[C@@H]1COCCO1)S(=O)(=O)c1ccc(F)cc1)OCCO3. The van der Waals surface area contributed by atoms with Gasteiger partial charge in [0.25, 0.3) is 5.56 Å². The molecule has 2 aliphatic rings. The molecule has 2 aliphatic heterocycles. The predicted molar refractivity (Wildman–Crippen MR) is 120 cm³/mol. The largest absolute Gasteiger partial charge is 0.486 e. The fraction of sp³-hybridized carbons (Fsp3) is 0.348. The lowest BCUT2D eigenvalue weighted by Gasteiger charge is -2.29. The van der Waals surface area contributed by atoms with Crippen LogP contribution in [0.15, 0.2) is 52.2 Å². The van der Waals surface area contributed by atoms with Crippen LogP contribution < -0.4 is 15.0 Å². The molecule has 0 aliphatic carbocycles. The summed E-state index contributed by atoms with van der Waals surface area (Å²) in [5.74, 6) is 0.549. The number of hydrogen-bond acceptors (Lipinski definition) is 7. The molecule has 1 aromatic heterocycles. The Morgan fingerprint density at radius 2 is 1.74 bits per heavy atom. The lowest BCUT2D eigenvalue weighted by Crippen LogP contribution is -2.43. The summed E-state index contributed by atoms with van der Waals surface area (Å²) in [6.45, 7) is 1.61. The van der Waals surface area contributed by atoms with Crippen LogP contribution in [-0.2, 0) is 26.0 Å². The van der Waals surface area contributed by atoms with Crippen molar-refractivity contribution in [3.05, 3.63) is 64.2 Å². The van der Waals surface area contributed by atoms with Crippen LogP contribution >= 0.6 is 0 Å². The number of fused-ring (bicyclic) bond motifs is 2. The van der Waals surface area contributed by atoms with Crippen LogP contribution in [0.3, 0.4) is 0 Å². The quantitative estimate of drug-likeness (QED) is 0.564. The normalized spacial score (nSPS) is 18.4. The zero-order valence-electron chi connectivity index (χ0n) is 18.2. The molecule has 0 spiro atoms. The molecule has 0 unspecified atom stereocenters. The lowest BCUT2D eigenvalue weighted by atomic mass is 10.1. The fourth-order valence-electron chi connectivity index (χ4n) is 3.97. The highest BCUT2D eigenvalue weighted by molar-refractivity contribution is 7.89. The molecule has 0 saturated carbocycles. The second kappa shape index (κ2) is 9.34. The lowest BCUT2D eigenvalue weighted by molar-refractivity contribution is -0.0923. The molecular weight excluding hydrogens is 467 g/mol. The van der Waals surface area contributed by atoms with Gasteiger partial charge in [0.1, 0.15) is 19.0 Å². The summed E-state index contributed by atoms with van der Waals surface area (Å²) in [5.41, 5.74) is 0.367. The van der Waals surface area contributed by atoms with E-state index in [0.29, 0.717) is 48.8 Å². The van der Waals surface area contributed by atoms with Gasteiger partial charge in [-0.1, -0.05) is 0 Å². The van der Waals surface area contributed by atoms with Gasteiger partial charge in [0.15, 0.2) is 11.5 Å². The van der Waals surface area contributed by atoms with Crippen molar-refractivity contribution in [1.82, 2.24) is 9.29 Å². The van der Waals surface area contributed by atoms with E-state index in [1.54, 1.807) is 18.2 Å². The first-order valence-electron chi connectivity index (χ1n) is 10.8. The minimum atomic E-state index is -4.07. The number of hydrogen-bond donors (Lipinski definition) is 1. The van der Waals surface area contributed by atoms with Crippen LogP contribution in [0.2, 0.25) is 0 Å². The Bertz CT molecular complexity index is 1350. The number of nitrogens with zero attached hydrogens (tertiary/aromatic N) is 1. The third-order valence-electron chi connectivity index (χ3n) is 5.67. The number of benzene rings is 2. The molecular formula is C23H23FN2O7S. The molecule has 2 aromatic carbocycles. The number of aromatic amines is 1. The van der Waals surface area contributed by atoms with Crippen LogP contribution in [0.4, 0.5) is 4.39 Å². The van der Waals surface area contributed by atoms with Crippen LogP contribution in [0, 0.1) is 5.82 Å². The Morgan fingerprint density at radius 1 is 1.00 bits per heavy atom. The molecule has 3 heterocycles. The van der Waals surface area contributed by atoms with E-state index in [4.69, 9.17) is 18.9 Å². The van der Waals surface area contributed by atoms with Crippen molar-refractivity contribution >= 4 is 20.9 Å². The standard InChI is InChI=1S/C23H23FN2O7S/c24-17-1-3-19(4-2-17)34(28,29)26(13-18-14-30-5-6-31-18)12-16-9-15-10-21-22(33-8-7-32-21)11-20(15)25-23(16)27/h1-4,9-11,18H,5-8,12-14H2,(H,25,27)/t18-/m1/s1. The molecule has 11 heteroatoms. The van der Waals surface area contributed by atoms with Crippen molar-refractivity contribution in [3.63, 3.8) is 0 Å². The van der Waals surface area contributed by atoms with Crippen molar-refractivity contribution in [3.8, 4) is 11.5 Å². The molecule has 180 valence electrons. The number of rotatable bonds is 6. The van der Waals surface area contributed by atoms with Gasteiger partial charge in [-0.2, -0.15) is 4.31 Å². The molecule has 5 rings (SSSR count). The van der Waals surface area contributed by atoms with E-state index >= 15 is 0 Å². The number of nitrogens with one attached hydrogen (secondary N) is 1. The van der Waals surface area contributed by atoms with E-state index in [9.17, 15) is 17.6 Å². The van der Waals surface area contributed by atoms with Gasteiger partial charge in [0.2, 0.25) is 10.0 Å². The zero-order valence-corrected chi connectivity index (χ0v) is 19.0. The van der Waals surface area contributed by atoms with E-state index in [0.717, 1.165) is 16.4 Å². The summed E-state index contributed by atoms with van der Waals surface area (Å²) in [5, 5.41) is 0.676. The zero-order chi connectivity index (χ0) is 23.7. The van der Waals surface area contributed by atoms with Crippen molar-refractivity contribution in [2.45, 2.75) is 17.5 Å². The van der Waals surface area contributed by atoms with Gasteiger partial charge in [-0.25, -0.2) is 12.8 Å². The monoisotopic (exact) mass is 490 g/mol. The second-order valence-corrected chi connectivity index (χ2v) is 9.96. The summed E-state index contributed by atoms with van der Waals surface area (Å²) in [7, 11) is -4.07. The van der Waals surface area contributed by atoms with Crippen LogP contribution in [-0.4, -0.2) is 63.4 Å². The van der Waals surface area contributed by atoms with Gasteiger partial charge in [-0.05, 0) is 36.4 Å². The van der Waals surface area contributed by atoms with Crippen LogP contribution in [0.25, 0.3) is 10.9 Å². The van der Waals surface area contributed by atoms with Crippen molar-refractivity contribution < 1.29 is 31.8 Å². The van der Waals surface area contributed by atoms with E-state index in [2.05, 4.69) is 4.98 Å². The molecule has 0 amide bonds. The van der Waals surface area contributed by atoms with Gasteiger partial charge in [-0.3, -0.25) is 4.79 Å². The third-order valence-corrected chi connectivity index (χ3v) is 7.50. The second-order valence-electron chi connectivity index (χ2n) is 8.03. The number of halogens is 1. The number of aromatic nitrogens is 1. The van der Waals surface area contributed by atoms with Gasteiger partial charge in [0.05, 0.1) is 36.3 Å². The van der Waals surface area contributed by atoms with Gasteiger partial charge < -0.3 is 23.9 Å². The topological polar surface area (TPSA) is 107 Å². The summed E-state index contributed by atoms with van der Waals surface area (Å²) in [4.78, 5) is 15.6. The number of ether oxygens (including phenoxy) is 4. The van der Waals surface area contributed by atoms with Gasteiger partial charge in [-0.15, -0.1) is 0 Å². The molecule has 1 saturated heterocycles. The van der Waals surface area contributed by atoms with E-state index in [1.807, 2.05) is 0 Å². The molecule has 0 radical (unpaired) electrons. The molecule has 34 heavy (non-hydrogen) atoms. The maximum Gasteiger partial charge on any atom is 0.252 e. The van der Waals surface area contributed by atoms with Gasteiger partial charge in [0, 0.05) is 30.1 Å². The highest BCUT2D eigenvalue weighted by atomic mass is 32.2. The van der Waals surface area contributed by atoms with Gasteiger partial charge >= 0.3 is 0 Å². The molecule has 0 bridgehead atoms. The van der Waals surface area contributed by atoms with Crippen LogP contribution in [0.5, 0.6) is 11.5 Å². The Kier molecular flexibility index (Phi) is 6.26. The van der Waals surface area contributed by atoms with E-state index in [1.165, 1.54) is 12.1 Å². The first kappa shape index (κ1) is 22.8. The number of pyridine rings is 1. The maximum absolute atomic E-state index is 13.4. The molecule has 1 N–H and O–H groups in total. The fourth-order valence-corrected chi connectivity index (χ4v) is 5.42. The smallest absolute Gasteiger partial charge is 0.252 e. The molecule has 1 fully saturated rings. The van der Waals surface area contributed by atoms with Crippen LogP contribution in [0.1, 0.15) is 5.56 Å². The molecule has 9 nitrogen and oxygen atoms in total. The minimum absolute atomic E-state index is 0.0294. The highest BCUT2D eigenvalue weighted by Gasteiger charge is 2.30. The average molecular weight is 491 g/mol. The van der Waals surface area contributed by atoms with Crippen molar-refractivity contribution in [2.75, 3.05) is 39.6 Å².